The third kappa shape index (κ3) is 5.30. The van der Waals surface area contributed by atoms with Crippen molar-refractivity contribution in [1.29, 1.82) is 0 Å². The molecule has 0 radical (unpaired) electrons. The summed E-state index contributed by atoms with van der Waals surface area (Å²) in [6.45, 7) is 6.86. The molecule has 19 heavy (non-hydrogen) atoms. The lowest BCUT2D eigenvalue weighted by atomic mass is 10.1. The summed E-state index contributed by atoms with van der Waals surface area (Å²) in [6, 6.07) is 7.24. The number of hydrogen-bond acceptors (Lipinski definition) is 4. The third-order valence-corrected chi connectivity index (χ3v) is 3.13. The van der Waals surface area contributed by atoms with Gasteiger partial charge in [-0.3, -0.25) is 0 Å². The van der Waals surface area contributed by atoms with Gasteiger partial charge in [0.25, 0.3) is 0 Å². The summed E-state index contributed by atoms with van der Waals surface area (Å²) in [6.07, 6.45) is 2.01. The van der Waals surface area contributed by atoms with Crippen LogP contribution in [0.2, 0.25) is 0 Å². The van der Waals surface area contributed by atoms with Gasteiger partial charge in [0.15, 0.2) is 0 Å². The zero-order valence-electron chi connectivity index (χ0n) is 12.0. The Morgan fingerprint density at radius 2 is 1.84 bits per heavy atom. The predicted molar refractivity (Wildman–Crippen MR) is 78.1 cm³/mol. The molecule has 0 spiro atoms. The number of carbonyl (C=O) groups excluding carboxylic acids is 1. The zero-order chi connectivity index (χ0) is 14.3. The van der Waals surface area contributed by atoms with Gasteiger partial charge < -0.3 is 15.8 Å². The van der Waals surface area contributed by atoms with Crippen molar-refractivity contribution in [1.82, 2.24) is 5.32 Å². The molecular formula is C15H24N2O2. The second kappa shape index (κ2) is 7.79. The Morgan fingerprint density at radius 1 is 1.26 bits per heavy atom. The highest BCUT2D eigenvalue weighted by Crippen LogP contribution is 2.08. The number of rotatable bonds is 7. The van der Waals surface area contributed by atoms with Gasteiger partial charge in [0.1, 0.15) is 6.10 Å². The van der Waals surface area contributed by atoms with E-state index in [9.17, 15) is 4.79 Å². The summed E-state index contributed by atoms with van der Waals surface area (Å²) in [5, 5.41) is 3.39. The maximum Gasteiger partial charge on any atom is 0.338 e. The molecule has 0 aliphatic carbocycles. The number of esters is 1. The van der Waals surface area contributed by atoms with E-state index in [4.69, 9.17) is 10.5 Å². The molecule has 4 heteroatoms. The highest BCUT2D eigenvalue weighted by Gasteiger charge is 2.12. The first-order chi connectivity index (χ1) is 9.06. The van der Waals surface area contributed by atoms with E-state index < -0.39 is 0 Å². The number of nitrogens with one attached hydrogen (secondary N) is 1. The van der Waals surface area contributed by atoms with Crippen molar-refractivity contribution >= 4 is 11.7 Å². The van der Waals surface area contributed by atoms with Gasteiger partial charge in [-0.1, -0.05) is 13.8 Å². The van der Waals surface area contributed by atoms with E-state index in [0.29, 0.717) is 23.8 Å². The minimum absolute atomic E-state index is 0.148. The Bertz CT molecular complexity index is 386. The van der Waals surface area contributed by atoms with E-state index in [-0.39, 0.29) is 12.1 Å². The average molecular weight is 264 g/mol. The monoisotopic (exact) mass is 264 g/mol. The van der Waals surface area contributed by atoms with E-state index in [1.165, 1.54) is 0 Å². The fraction of sp³-hybridized carbons (Fsp3) is 0.533. The number of anilines is 1. The number of benzene rings is 1. The van der Waals surface area contributed by atoms with Gasteiger partial charge in [-0.05, 0) is 44.0 Å². The molecule has 0 aromatic heterocycles. The fourth-order valence-corrected chi connectivity index (χ4v) is 1.82. The molecule has 0 amide bonds. The van der Waals surface area contributed by atoms with Crippen molar-refractivity contribution in [3.8, 4) is 0 Å². The van der Waals surface area contributed by atoms with Crippen LogP contribution in [0.25, 0.3) is 0 Å². The first kappa shape index (κ1) is 15.5. The van der Waals surface area contributed by atoms with Gasteiger partial charge in [-0.2, -0.15) is 0 Å². The minimum Gasteiger partial charge on any atom is -0.458 e. The molecular weight excluding hydrogens is 240 g/mol. The van der Waals surface area contributed by atoms with Crippen LogP contribution in [0.15, 0.2) is 24.3 Å². The first-order valence-corrected chi connectivity index (χ1v) is 6.86. The van der Waals surface area contributed by atoms with Crippen LogP contribution in [-0.2, 0) is 4.74 Å². The molecule has 3 N–H and O–H groups in total. The number of nitrogen functional groups attached to an aromatic ring is 1. The van der Waals surface area contributed by atoms with Crippen LogP contribution in [-0.4, -0.2) is 24.7 Å². The predicted octanol–water partition coefficient (Wildman–Crippen LogP) is 2.59. The molecule has 106 valence electrons. The van der Waals surface area contributed by atoms with Crippen molar-refractivity contribution in [3.05, 3.63) is 29.8 Å². The van der Waals surface area contributed by atoms with Crippen molar-refractivity contribution in [3.63, 3.8) is 0 Å². The van der Waals surface area contributed by atoms with Crippen LogP contribution < -0.4 is 11.1 Å². The lowest BCUT2D eigenvalue weighted by molar-refractivity contribution is 0.0336. The van der Waals surface area contributed by atoms with Crippen molar-refractivity contribution < 1.29 is 9.53 Å². The number of carbonyl (C=O) groups is 1. The van der Waals surface area contributed by atoms with Gasteiger partial charge in [-0.25, -0.2) is 4.79 Å². The van der Waals surface area contributed by atoms with Gasteiger partial charge in [-0.15, -0.1) is 0 Å². The molecule has 0 heterocycles. The van der Waals surface area contributed by atoms with E-state index in [0.717, 1.165) is 12.8 Å². The lowest BCUT2D eigenvalue weighted by Gasteiger charge is -2.19. The summed E-state index contributed by atoms with van der Waals surface area (Å²) in [4.78, 5) is 11.9. The highest BCUT2D eigenvalue weighted by atomic mass is 16.5. The van der Waals surface area contributed by atoms with Crippen molar-refractivity contribution in [2.45, 2.75) is 45.8 Å². The Balaban J connectivity index is 2.41. The SMILES string of the molecule is CCC(CC)NCC(C)OC(=O)c1ccc(N)cc1. The second-order valence-corrected chi connectivity index (χ2v) is 4.76. The average Bonchev–Trinajstić information content (AvgIpc) is 2.40. The lowest BCUT2D eigenvalue weighted by Crippen LogP contribution is -2.35. The van der Waals surface area contributed by atoms with Crippen LogP contribution in [0.1, 0.15) is 44.0 Å². The van der Waals surface area contributed by atoms with Crippen LogP contribution in [0, 0.1) is 0 Å². The highest BCUT2D eigenvalue weighted by molar-refractivity contribution is 5.89. The molecule has 1 atom stereocenters. The molecule has 1 unspecified atom stereocenters. The Kier molecular flexibility index (Phi) is 6.36. The zero-order valence-corrected chi connectivity index (χ0v) is 12.0. The molecule has 4 nitrogen and oxygen atoms in total. The maximum atomic E-state index is 11.9. The summed E-state index contributed by atoms with van der Waals surface area (Å²) >= 11 is 0. The quantitative estimate of drug-likeness (QED) is 0.587. The fourth-order valence-electron chi connectivity index (χ4n) is 1.82. The smallest absolute Gasteiger partial charge is 0.338 e. The summed E-state index contributed by atoms with van der Waals surface area (Å²) in [5.41, 5.74) is 6.75. The van der Waals surface area contributed by atoms with Gasteiger partial charge >= 0.3 is 5.97 Å². The molecule has 0 saturated heterocycles. The van der Waals surface area contributed by atoms with E-state index in [2.05, 4.69) is 19.2 Å². The molecule has 0 bridgehead atoms. The standard InChI is InChI=1S/C15H24N2O2/c1-4-14(5-2)17-10-11(3)19-15(18)12-6-8-13(16)9-7-12/h6-9,11,14,17H,4-5,10,16H2,1-3H3. The third-order valence-electron chi connectivity index (χ3n) is 3.13. The van der Waals surface area contributed by atoms with Crippen LogP contribution in [0.5, 0.6) is 0 Å². The molecule has 1 aromatic carbocycles. The van der Waals surface area contributed by atoms with Crippen molar-refractivity contribution in [2.75, 3.05) is 12.3 Å². The minimum atomic E-state index is -0.307. The van der Waals surface area contributed by atoms with Crippen molar-refractivity contribution in [2.24, 2.45) is 0 Å². The van der Waals surface area contributed by atoms with Gasteiger partial charge in [0.2, 0.25) is 0 Å². The van der Waals surface area contributed by atoms with E-state index >= 15 is 0 Å². The van der Waals surface area contributed by atoms with Crippen LogP contribution in [0.4, 0.5) is 5.69 Å². The molecule has 1 aromatic rings. The molecule has 0 saturated carbocycles. The largest absolute Gasteiger partial charge is 0.458 e. The summed E-state index contributed by atoms with van der Waals surface area (Å²) in [7, 11) is 0. The van der Waals surface area contributed by atoms with Crippen LogP contribution in [0.3, 0.4) is 0 Å². The Labute approximate surface area is 115 Å². The molecule has 0 aliphatic heterocycles. The van der Waals surface area contributed by atoms with E-state index in [1.54, 1.807) is 24.3 Å². The number of ether oxygens (including phenoxy) is 1. The van der Waals surface area contributed by atoms with E-state index in [1.807, 2.05) is 6.92 Å². The Hall–Kier alpha value is -1.55. The second-order valence-electron chi connectivity index (χ2n) is 4.76. The Morgan fingerprint density at radius 3 is 2.37 bits per heavy atom. The molecule has 1 rings (SSSR count). The number of hydrogen-bond donors (Lipinski definition) is 2. The normalized spacial score (nSPS) is 12.4. The van der Waals surface area contributed by atoms with Gasteiger partial charge in [0, 0.05) is 18.3 Å². The van der Waals surface area contributed by atoms with Crippen LogP contribution >= 0.6 is 0 Å². The summed E-state index contributed by atoms with van der Waals surface area (Å²) in [5.74, 6) is -0.307. The number of nitrogens with two attached hydrogens (primary N) is 1. The summed E-state index contributed by atoms with van der Waals surface area (Å²) < 4.78 is 5.37. The first-order valence-electron chi connectivity index (χ1n) is 6.86. The molecule has 0 fully saturated rings. The molecule has 0 aliphatic rings. The maximum absolute atomic E-state index is 11.9. The van der Waals surface area contributed by atoms with Gasteiger partial charge in [0.05, 0.1) is 5.56 Å². The topological polar surface area (TPSA) is 64.3 Å².